The van der Waals surface area contributed by atoms with E-state index in [0.29, 0.717) is 16.6 Å². The minimum Gasteiger partial charge on any atom is -0.345 e. The molecule has 1 fully saturated rings. The highest BCUT2D eigenvalue weighted by Crippen LogP contribution is 2.31. The Bertz CT molecular complexity index is 1430. The molecule has 12 heteroatoms. The fourth-order valence-corrected chi connectivity index (χ4v) is 5.00. The first-order chi connectivity index (χ1) is 15.0. The topological polar surface area (TPSA) is 155 Å². The third-order valence-electron chi connectivity index (χ3n) is 5.24. The Balaban J connectivity index is 1.64. The molecule has 1 aromatic heterocycles. The molecule has 0 radical (unpaired) electrons. The Morgan fingerprint density at radius 3 is 2.78 bits per heavy atom. The highest BCUT2D eigenvalue weighted by atomic mass is 32.2. The minimum absolute atomic E-state index is 0.00560. The van der Waals surface area contributed by atoms with E-state index in [0.717, 1.165) is 10.4 Å². The highest BCUT2D eigenvalue weighted by Gasteiger charge is 2.43. The number of rotatable bonds is 3. The van der Waals surface area contributed by atoms with Crippen molar-refractivity contribution in [3.05, 3.63) is 59.2 Å². The Labute approximate surface area is 182 Å². The lowest BCUT2D eigenvalue weighted by Gasteiger charge is -2.40. The number of fused-ring (bicyclic) bond motifs is 1. The van der Waals surface area contributed by atoms with Crippen LogP contribution in [0.3, 0.4) is 0 Å². The Morgan fingerprint density at radius 2 is 2.09 bits per heavy atom. The number of anilines is 1. The second-order valence-corrected chi connectivity index (χ2v) is 9.61. The van der Waals surface area contributed by atoms with Gasteiger partial charge in [-0.2, -0.15) is 5.26 Å². The number of nitrogens with zero attached hydrogens (tertiary/aromatic N) is 3. The lowest BCUT2D eigenvalue weighted by atomic mass is 9.93. The van der Waals surface area contributed by atoms with Crippen LogP contribution in [0.5, 0.6) is 0 Å². The summed E-state index contributed by atoms with van der Waals surface area (Å²) in [5.74, 6) is -2.14. The summed E-state index contributed by atoms with van der Waals surface area (Å²) >= 11 is 0. The summed E-state index contributed by atoms with van der Waals surface area (Å²) in [6.45, 7) is 1.47. The number of nitriles is 1. The Morgan fingerprint density at radius 1 is 1.34 bits per heavy atom. The third-order valence-corrected chi connectivity index (χ3v) is 7.20. The molecule has 4 rings (SSSR count). The molecule has 3 aromatic rings. The number of amides is 1. The van der Waals surface area contributed by atoms with Crippen LogP contribution in [0.4, 0.5) is 10.1 Å². The average Bonchev–Trinajstić information content (AvgIpc) is 3.16. The molecule has 0 saturated carbocycles. The monoisotopic (exact) mass is 455 g/mol. The van der Waals surface area contributed by atoms with Crippen LogP contribution in [0.25, 0.3) is 11.0 Å². The highest BCUT2D eigenvalue weighted by molar-refractivity contribution is 7.89. The number of aromatic amines is 1. The first-order valence-electron chi connectivity index (χ1n) is 9.37. The van der Waals surface area contributed by atoms with Gasteiger partial charge in [0.15, 0.2) is 5.82 Å². The van der Waals surface area contributed by atoms with Crippen molar-refractivity contribution in [1.82, 2.24) is 19.6 Å². The van der Waals surface area contributed by atoms with E-state index in [9.17, 15) is 17.6 Å². The molecular formula is C20H18FN7O3S. The molecule has 0 bridgehead atoms. The number of carbonyl (C=O) groups is 1. The molecule has 0 aliphatic carbocycles. The molecule has 2 aromatic carbocycles. The number of imidazole rings is 1. The van der Waals surface area contributed by atoms with Gasteiger partial charge in [0.05, 0.1) is 34.0 Å². The van der Waals surface area contributed by atoms with Crippen LogP contribution in [0, 0.1) is 22.6 Å². The Kier molecular flexibility index (Phi) is 4.86. The smallest absolute Gasteiger partial charge is 0.291 e. The van der Waals surface area contributed by atoms with Gasteiger partial charge in [-0.1, -0.05) is 0 Å². The van der Waals surface area contributed by atoms with Crippen LogP contribution in [-0.2, 0) is 15.6 Å². The SMILES string of the molecule is CN1C(=N)N[C@](C)(c2cc(NC(=O)c3nc4cc(C#N)ccc4[nH]3)ccc2F)CS1(=O)=O. The number of H-pyrrole nitrogens is 1. The molecule has 1 saturated heterocycles. The first kappa shape index (κ1) is 21.3. The van der Waals surface area contributed by atoms with Crippen molar-refractivity contribution in [2.45, 2.75) is 12.5 Å². The van der Waals surface area contributed by atoms with Crippen LogP contribution < -0.4 is 10.6 Å². The van der Waals surface area contributed by atoms with Crippen molar-refractivity contribution in [2.24, 2.45) is 0 Å². The van der Waals surface area contributed by atoms with Crippen LogP contribution in [0.1, 0.15) is 28.7 Å². The van der Waals surface area contributed by atoms with Crippen LogP contribution in [0.15, 0.2) is 36.4 Å². The lowest BCUT2D eigenvalue weighted by molar-refractivity contribution is 0.101. The van der Waals surface area contributed by atoms with Gasteiger partial charge in [0.2, 0.25) is 16.0 Å². The summed E-state index contributed by atoms with van der Waals surface area (Å²) in [5.41, 5.74) is 0.204. The summed E-state index contributed by atoms with van der Waals surface area (Å²) < 4.78 is 40.2. The van der Waals surface area contributed by atoms with Crippen molar-refractivity contribution < 1.29 is 17.6 Å². The third kappa shape index (κ3) is 3.63. The van der Waals surface area contributed by atoms with Gasteiger partial charge in [-0.25, -0.2) is 22.1 Å². The summed E-state index contributed by atoms with van der Waals surface area (Å²) in [6.07, 6.45) is 0. The van der Waals surface area contributed by atoms with Gasteiger partial charge in [0.1, 0.15) is 5.82 Å². The van der Waals surface area contributed by atoms with Crippen molar-refractivity contribution in [3.63, 3.8) is 0 Å². The zero-order chi connectivity index (χ0) is 23.3. The summed E-state index contributed by atoms with van der Waals surface area (Å²) in [5, 5.41) is 22.2. The molecule has 1 aliphatic heterocycles. The number of hydrogen-bond acceptors (Lipinski definition) is 6. The van der Waals surface area contributed by atoms with Crippen LogP contribution >= 0.6 is 0 Å². The van der Waals surface area contributed by atoms with E-state index < -0.39 is 33.0 Å². The average molecular weight is 455 g/mol. The van der Waals surface area contributed by atoms with E-state index in [1.165, 1.54) is 26.1 Å². The van der Waals surface area contributed by atoms with Gasteiger partial charge in [-0.3, -0.25) is 10.2 Å². The van der Waals surface area contributed by atoms with E-state index in [4.69, 9.17) is 10.7 Å². The van der Waals surface area contributed by atoms with E-state index in [-0.39, 0.29) is 23.0 Å². The zero-order valence-corrected chi connectivity index (χ0v) is 17.8. The molecule has 164 valence electrons. The van der Waals surface area contributed by atoms with Crippen molar-refractivity contribution in [1.29, 1.82) is 10.7 Å². The standard InChI is InChI=1S/C20H18FN7O3S/c1-20(10-32(30,31)28(2)19(23)27-20)13-8-12(4-5-14(13)21)24-18(29)17-25-15-6-3-11(9-22)7-16(15)26-17/h3-8H,10H2,1-2H3,(H2,23,27)(H,24,29)(H,25,26)/t20-/m0/s1. The number of aromatic nitrogens is 2. The molecule has 10 nitrogen and oxygen atoms in total. The molecule has 2 heterocycles. The second kappa shape index (κ2) is 7.31. The van der Waals surface area contributed by atoms with Gasteiger partial charge in [0.25, 0.3) is 5.91 Å². The maximum atomic E-state index is 14.7. The second-order valence-electron chi connectivity index (χ2n) is 7.61. The summed E-state index contributed by atoms with van der Waals surface area (Å²) in [6, 6.07) is 10.5. The van der Waals surface area contributed by atoms with E-state index >= 15 is 0 Å². The quantitative estimate of drug-likeness (QED) is 0.472. The molecular weight excluding hydrogens is 437 g/mol. The first-order valence-corrected chi connectivity index (χ1v) is 11.0. The largest absolute Gasteiger partial charge is 0.345 e. The molecule has 0 unspecified atom stereocenters. The number of halogens is 1. The number of sulfonamides is 1. The van der Waals surface area contributed by atoms with Crippen LogP contribution in [0.2, 0.25) is 0 Å². The van der Waals surface area contributed by atoms with Gasteiger partial charge < -0.3 is 15.6 Å². The minimum atomic E-state index is -3.83. The van der Waals surface area contributed by atoms with Gasteiger partial charge >= 0.3 is 0 Å². The molecule has 4 N–H and O–H groups in total. The fraction of sp³-hybridized carbons (Fsp3) is 0.200. The molecule has 1 atom stereocenters. The normalized spacial score (nSPS) is 19.9. The van der Waals surface area contributed by atoms with Gasteiger partial charge in [-0.05, 0) is 43.3 Å². The van der Waals surface area contributed by atoms with Gasteiger partial charge in [-0.15, -0.1) is 0 Å². The predicted octanol–water partition coefficient (Wildman–Crippen LogP) is 1.84. The number of guanidine groups is 1. The maximum Gasteiger partial charge on any atom is 0.291 e. The Hall–Kier alpha value is -3.98. The van der Waals surface area contributed by atoms with E-state index in [1.54, 1.807) is 18.2 Å². The molecule has 0 spiro atoms. The number of benzene rings is 2. The molecule has 32 heavy (non-hydrogen) atoms. The number of nitrogens with one attached hydrogen (secondary N) is 4. The zero-order valence-electron chi connectivity index (χ0n) is 17.0. The van der Waals surface area contributed by atoms with Crippen molar-refractivity contribution >= 4 is 38.6 Å². The number of carbonyl (C=O) groups excluding carboxylic acids is 1. The van der Waals surface area contributed by atoms with Crippen molar-refractivity contribution in [3.8, 4) is 6.07 Å². The summed E-state index contributed by atoms with van der Waals surface area (Å²) in [7, 11) is -2.59. The molecule has 1 amide bonds. The molecule has 1 aliphatic rings. The van der Waals surface area contributed by atoms with Gasteiger partial charge in [0, 0.05) is 18.3 Å². The van der Waals surface area contributed by atoms with E-state index in [1.807, 2.05) is 6.07 Å². The van der Waals surface area contributed by atoms with Crippen LogP contribution in [-0.4, -0.2) is 47.4 Å². The van der Waals surface area contributed by atoms with Crippen molar-refractivity contribution in [2.75, 3.05) is 18.1 Å². The summed E-state index contributed by atoms with van der Waals surface area (Å²) in [4.78, 5) is 19.7. The lowest BCUT2D eigenvalue weighted by Crippen LogP contribution is -2.61. The predicted molar refractivity (Wildman–Crippen MR) is 115 cm³/mol. The van der Waals surface area contributed by atoms with E-state index in [2.05, 4.69) is 20.6 Å². The maximum absolute atomic E-state index is 14.7. The fourth-order valence-electron chi connectivity index (χ4n) is 3.52. The number of hydrogen-bond donors (Lipinski definition) is 4.